The molecule has 1 aliphatic heterocycles. The monoisotopic (exact) mass is 424 g/mol. The second-order valence-corrected chi connectivity index (χ2v) is 10.2. The summed E-state index contributed by atoms with van der Waals surface area (Å²) in [5.41, 5.74) is 0.404. The first kappa shape index (κ1) is 23.0. The van der Waals surface area contributed by atoms with Gasteiger partial charge in [0, 0.05) is 25.9 Å². The summed E-state index contributed by atoms with van der Waals surface area (Å²) in [5, 5.41) is 6.19. The van der Waals surface area contributed by atoms with E-state index >= 15 is 0 Å². The van der Waals surface area contributed by atoms with Crippen LogP contribution in [0.25, 0.3) is 0 Å². The third kappa shape index (κ3) is 7.56. The van der Waals surface area contributed by atoms with E-state index in [1.807, 2.05) is 27.7 Å². The van der Waals surface area contributed by atoms with Gasteiger partial charge in [0.25, 0.3) is 0 Å². The van der Waals surface area contributed by atoms with E-state index in [1.165, 1.54) is 6.26 Å². The summed E-state index contributed by atoms with van der Waals surface area (Å²) in [6.45, 7) is 10.1. The Kier molecular flexibility index (Phi) is 7.51. The third-order valence-corrected chi connectivity index (χ3v) is 5.43. The standard InChI is InChI=1S/C20H32N4O4S/c1-6-21-18(22-13-15-7-9-17(10-8-15)29(5,26)27)24-12-11-16(14-24)23-19(25)28-20(2,3)4/h7-10,16H,6,11-14H2,1-5H3,(H,21,22)(H,23,25). The zero-order valence-corrected chi connectivity index (χ0v) is 18.7. The van der Waals surface area contributed by atoms with Crippen molar-refractivity contribution in [3.8, 4) is 0 Å². The van der Waals surface area contributed by atoms with Crippen molar-refractivity contribution in [2.24, 2.45) is 4.99 Å². The van der Waals surface area contributed by atoms with E-state index in [4.69, 9.17) is 4.74 Å². The van der Waals surface area contributed by atoms with E-state index in [2.05, 4.69) is 20.5 Å². The first-order valence-corrected chi connectivity index (χ1v) is 11.7. The van der Waals surface area contributed by atoms with Gasteiger partial charge < -0.3 is 20.3 Å². The number of nitrogens with one attached hydrogen (secondary N) is 2. The molecule has 1 atom stereocenters. The van der Waals surface area contributed by atoms with Crippen LogP contribution in [0, 0.1) is 0 Å². The van der Waals surface area contributed by atoms with Crippen LogP contribution in [-0.4, -0.2) is 62.9 Å². The maximum atomic E-state index is 12.0. The highest BCUT2D eigenvalue weighted by atomic mass is 32.2. The third-order valence-electron chi connectivity index (χ3n) is 4.31. The van der Waals surface area contributed by atoms with E-state index in [0.29, 0.717) is 18.0 Å². The maximum absolute atomic E-state index is 12.0. The van der Waals surface area contributed by atoms with E-state index in [9.17, 15) is 13.2 Å². The molecule has 1 unspecified atom stereocenters. The second-order valence-electron chi connectivity index (χ2n) is 8.16. The van der Waals surface area contributed by atoms with Gasteiger partial charge in [0.2, 0.25) is 0 Å². The molecule has 0 saturated carbocycles. The van der Waals surface area contributed by atoms with Crippen LogP contribution in [0.2, 0.25) is 0 Å². The largest absolute Gasteiger partial charge is 0.444 e. The predicted molar refractivity (Wildman–Crippen MR) is 114 cm³/mol. The minimum absolute atomic E-state index is 0.00255. The molecule has 1 heterocycles. The molecule has 1 aromatic rings. The van der Waals surface area contributed by atoms with Gasteiger partial charge in [-0.2, -0.15) is 0 Å². The summed E-state index contributed by atoms with van der Waals surface area (Å²) >= 11 is 0. The Morgan fingerprint density at radius 1 is 1.28 bits per heavy atom. The first-order valence-electron chi connectivity index (χ1n) is 9.79. The lowest BCUT2D eigenvalue weighted by Gasteiger charge is -2.23. The van der Waals surface area contributed by atoms with Crippen molar-refractivity contribution in [3.63, 3.8) is 0 Å². The minimum atomic E-state index is -3.20. The Labute approximate surface area is 173 Å². The molecule has 0 spiro atoms. The molecule has 162 valence electrons. The number of hydrogen-bond acceptors (Lipinski definition) is 5. The Hall–Kier alpha value is -2.29. The number of nitrogens with zero attached hydrogens (tertiary/aromatic N) is 2. The quantitative estimate of drug-likeness (QED) is 0.555. The normalized spacial score (nSPS) is 17.9. The van der Waals surface area contributed by atoms with Crippen molar-refractivity contribution in [2.75, 3.05) is 25.9 Å². The number of carbonyl (C=O) groups is 1. The number of ether oxygens (including phenoxy) is 1. The van der Waals surface area contributed by atoms with Crippen LogP contribution >= 0.6 is 0 Å². The number of carbonyl (C=O) groups excluding carboxylic acids is 1. The van der Waals surface area contributed by atoms with Gasteiger partial charge in [-0.05, 0) is 51.8 Å². The van der Waals surface area contributed by atoms with Gasteiger partial charge in [-0.25, -0.2) is 18.2 Å². The zero-order valence-electron chi connectivity index (χ0n) is 17.9. The molecule has 8 nitrogen and oxygen atoms in total. The summed E-state index contributed by atoms with van der Waals surface area (Å²) in [5.74, 6) is 0.771. The molecule has 0 bridgehead atoms. The number of benzene rings is 1. The van der Waals surface area contributed by atoms with Crippen molar-refractivity contribution >= 4 is 21.9 Å². The first-order chi connectivity index (χ1) is 13.5. The number of guanidine groups is 1. The van der Waals surface area contributed by atoms with Gasteiger partial charge in [0.1, 0.15) is 5.60 Å². The number of alkyl carbamates (subject to hydrolysis) is 1. The van der Waals surface area contributed by atoms with E-state index in [1.54, 1.807) is 24.3 Å². The Bertz CT molecular complexity index is 829. The Balaban J connectivity index is 1.98. The molecule has 1 fully saturated rings. The SMILES string of the molecule is CCNC(=NCc1ccc(S(C)(=O)=O)cc1)N1CCC(NC(=O)OC(C)(C)C)C1. The summed E-state index contributed by atoms with van der Waals surface area (Å²) in [7, 11) is -3.20. The molecule has 1 aromatic carbocycles. The van der Waals surface area contributed by atoms with Crippen LogP contribution in [0.15, 0.2) is 34.2 Å². The fourth-order valence-corrected chi connectivity index (χ4v) is 3.61. The smallest absolute Gasteiger partial charge is 0.407 e. The number of amides is 1. The highest BCUT2D eigenvalue weighted by Crippen LogP contribution is 2.14. The highest BCUT2D eigenvalue weighted by Gasteiger charge is 2.27. The molecule has 0 aromatic heterocycles. The summed E-state index contributed by atoms with van der Waals surface area (Å²) in [4.78, 5) is 19.1. The van der Waals surface area contributed by atoms with E-state index in [-0.39, 0.29) is 6.04 Å². The fraction of sp³-hybridized carbons (Fsp3) is 0.600. The van der Waals surface area contributed by atoms with Gasteiger partial charge >= 0.3 is 6.09 Å². The van der Waals surface area contributed by atoms with Gasteiger partial charge in [-0.3, -0.25) is 0 Å². The fourth-order valence-electron chi connectivity index (χ4n) is 2.98. The van der Waals surface area contributed by atoms with Crippen molar-refractivity contribution in [1.29, 1.82) is 0 Å². The molecule has 2 N–H and O–H groups in total. The number of likely N-dealkylation sites (tertiary alicyclic amines) is 1. The van der Waals surface area contributed by atoms with E-state index < -0.39 is 21.5 Å². The van der Waals surface area contributed by atoms with E-state index in [0.717, 1.165) is 31.0 Å². The molecule has 1 amide bonds. The Morgan fingerprint density at radius 2 is 1.93 bits per heavy atom. The predicted octanol–water partition coefficient (Wildman–Crippen LogP) is 2.15. The van der Waals surface area contributed by atoms with Crippen LogP contribution in [-0.2, 0) is 21.1 Å². The van der Waals surface area contributed by atoms with Crippen molar-refractivity contribution in [1.82, 2.24) is 15.5 Å². The summed E-state index contributed by atoms with van der Waals surface area (Å²) < 4.78 is 28.5. The molecular formula is C20H32N4O4S. The molecule has 1 aliphatic rings. The van der Waals surface area contributed by atoms with Gasteiger partial charge in [0.15, 0.2) is 15.8 Å². The van der Waals surface area contributed by atoms with Crippen LogP contribution in [0.3, 0.4) is 0 Å². The summed E-state index contributed by atoms with van der Waals surface area (Å²) in [6, 6.07) is 6.76. The highest BCUT2D eigenvalue weighted by molar-refractivity contribution is 7.90. The van der Waals surface area contributed by atoms with Crippen molar-refractivity contribution in [3.05, 3.63) is 29.8 Å². The topological polar surface area (TPSA) is 100 Å². The van der Waals surface area contributed by atoms with Crippen molar-refractivity contribution in [2.45, 2.75) is 57.2 Å². The van der Waals surface area contributed by atoms with Crippen molar-refractivity contribution < 1.29 is 17.9 Å². The molecule has 29 heavy (non-hydrogen) atoms. The molecule has 0 aliphatic carbocycles. The minimum Gasteiger partial charge on any atom is -0.444 e. The van der Waals surface area contributed by atoms with Crippen LogP contribution in [0.4, 0.5) is 4.79 Å². The molecule has 2 rings (SSSR count). The molecule has 0 radical (unpaired) electrons. The molecule has 1 saturated heterocycles. The summed E-state index contributed by atoms with van der Waals surface area (Å²) in [6.07, 6.45) is 1.60. The van der Waals surface area contributed by atoms with Gasteiger partial charge in [0.05, 0.1) is 17.5 Å². The number of rotatable bonds is 5. The number of sulfone groups is 1. The zero-order chi connectivity index (χ0) is 21.7. The lowest BCUT2D eigenvalue weighted by Crippen LogP contribution is -2.44. The lowest BCUT2D eigenvalue weighted by atomic mass is 10.2. The second kappa shape index (κ2) is 9.47. The number of hydrogen-bond donors (Lipinski definition) is 2. The number of aliphatic imine (C=N–C) groups is 1. The van der Waals surface area contributed by atoms with Gasteiger partial charge in [-0.1, -0.05) is 12.1 Å². The average Bonchev–Trinajstić information content (AvgIpc) is 3.04. The van der Waals surface area contributed by atoms with Crippen LogP contribution in [0.5, 0.6) is 0 Å². The van der Waals surface area contributed by atoms with Crippen LogP contribution < -0.4 is 10.6 Å². The molecule has 9 heteroatoms. The average molecular weight is 425 g/mol. The Morgan fingerprint density at radius 3 is 2.48 bits per heavy atom. The van der Waals surface area contributed by atoms with Gasteiger partial charge in [-0.15, -0.1) is 0 Å². The molecular weight excluding hydrogens is 392 g/mol. The maximum Gasteiger partial charge on any atom is 0.407 e. The lowest BCUT2D eigenvalue weighted by molar-refractivity contribution is 0.0507. The van der Waals surface area contributed by atoms with Crippen LogP contribution in [0.1, 0.15) is 39.7 Å².